The molecule has 0 fully saturated rings. The number of rotatable bonds is 3. The summed E-state index contributed by atoms with van der Waals surface area (Å²) in [5, 5.41) is 9.86. The summed E-state index contributed by atoms with van der Waals surface area (Å²) >= 11 is 0. The van der Waals surface area contributed by atoms with E-state index in [1.165, 1.54) is 17.0 Å². The molecule has 0 atom stereocenters. The van der Waals surface area contributed by atoms with Crippen molar-refractivity contribution in [2.75, 3.05) is 0 Å². The molecule has 17 heavy (non-hydrogen) atoms. The maximum Gasteiger partial charge on any atom is 0.328 e. The average Bonchev–Trinajstić information content (AvgIpc) is 2.59. The summed E-state index contributed by atoms with van der Waals surface area (Å²) in [5.74, 6) is -0.894. The van der Waals surface area contributed by atoms with Gasteiger partial charge in [-0.3, -0.25) is 0 Å². The van der Waals surface area contributed by atoms with E-state index >= 15 is 0 Å². The first kappa shape index (κ1) is 11.5. The Hall–Kier alpha value is -2.03. The molecule has 0 amide bonds. The van der Waals surface area contributed by atoms with Crippen molar-refractivity contribution in [3.05, 3.63) is 47.7 Å². The molecule has 0 saturated heterocycles. The third-order valence-corrected chi connectivity index (χ3v) is 2.72. The molecule has 3 heteroatoms. The van der Waals surface area contributed by atoms with E-state index < -0.39 is 5.97 Å². The molecule has 0 bridgehead atoms. The monoisotopic (exact) mass is 229 g/mol. The summed E-state index contributed by atoms with van der Waals surface area (Å²) in [6.07, 6.45) is 3.24. The van der Waals surface area contributed by atoms with Crippen LogP contribution in [0.25, 0.3) is 10.9 Å². The number of nitrogens with zero attached hydrogens (tertiary/aromatic N) is 1. The van der Waals surface area contributed by atoms with Crippen molar-refractivity contribution >= 4 is 16.9 Å². The van der Waals surface area contributed by atoms with Gasteiger partial charge in [0.05, 0.1) is 0 Å². The van der Waals surface area contributed by atoms with Crippen molar-refractivity contribution < 1.29 is 9.90 Å². The van der Waals surface area contributed by atoms with E-state index in [1.54, 1.807) is 0 Å². The van der Waals surface area contributed by atoms with Gasteiger partial charge < -0.3 is 9.67 Å². The van der Waals surface area contributed by atoms with Crippen LogP contribution in [0.1, 0.15) is 12.5 Å². The minimum Gasteiger partial charge on any atom is -0.478 e. The number of allylic oxidation sites excluding steroid dienone is 1. The average molecular weight is 229 g/mol. The van der Waals surface area contributed by atoms with Crippen LogP contribution < -0.4 is 0 Å². The van der Waals surface area contributed by atoms with Crippen LogP contribution in [-0.4, -0.2) is 15.6 Å². The molecule has 1 N–H and O–H groups in total. The van der Waals surface area contributed by atoms with Gasteiger partial charge in [0.1, 0.15) is 0 Å². The lowest BCUT2D eigenvalue weighted by atomic mass is 10.2. The second-order valence-corrected chi connectivity index (χ2v) is 4.33. The zero-order valence-electron chi connectivity index (χ0n) is 9.97. The summed E-state index contributed by atoms with van der Waals surface area (Å²) in [4.78, 5) is 10.6. The zero-order valence-corrected chi connectivity index (χ0v) is 9.97. The van der Waals surface area contributed by atoms with Gasteiger partial charge in [-0.2, -0.15) is 0 Å². The molecular weight excluding hydrogens is 214 g/mol. The standard InChI is InChI=1S/C14H15NO2/c1-10-3-4-13-12(7-10)5-6-15(13)9-11(2)8-14(16)17/h3-8H,9H2,1-2H3,(H,16,17). The number of carboxylic acids is 1. The molecule has 1 aromatic heterocycles. The van der Waals surface area contributed by atoms with Gasteiger partial charge in [0.25, 0.3) is 0 Å². The van der Waals surface area contributed by atoms with E-state index in [4.69, 9.17) is 5.11 Å². The number of aryl methyl sites for hydroxylation is 1. The SMILES string of the molecule is CC(=CC(=O)O)Cn1ccc2cc(C)ccc21. The van der Waals surface area contributed by atoms with Crippen LogP contribution in [0.3, 0.4) is 0 Å². The third kappa shape index (κ3) is 2.56. The van der Waals surface area contributed by atoms with Gasteiger partial charge in [-0.15, -0.1) is 0 Å². The quantitative estimate of drug-likeness (QED) is 0.822. The van der Waals surface area contributed by atoms with Crippen LogP contribution in [0.2, 0.25) is 0 Å². The first-order valence-corrected chi connectivity index (χ1v) is 5.52. The Morgan fingerprint density at radius 3 is 2.88 bits per heavy atom. The summed E-state index contributed by atoms with van der Waals surface area (Å²) < 4.78 is 2.06. The number of hydrogen-bond acceptors (Lipinski definition) is 1. The van der Waals surface area contributed by atoms with E-state index in [2.05, 4.69) is 35.8 Å². The van der Waals surface area contributed by atoms with Crippen molar-refractivity contribution in [2.45, 2.75) is 20.4 Å². The number of carbonyl (C=O) groups is 1. The molecule has 0 spiro atoms. The van der Waals surface area contributed by atoms with Gasteiger partial charge in [-0.1, -0.05) is 11.6 Å². The fraction of sp³-hybridized carbons (Fsp3) is 0.214. The minimum absolute atomic E-state index is 0.610. The molecular formula is C14H15NO2. The fourth-order valence-electron chi connectivity index (χ4n) is 1.98. The van der Waals surface area contributed by atoms with E-state index in [1.807, 2.05) is 13.1 Å². The number of hydrogen-bond donors (Lipinski definition) is 1. The Labute approximate surface area is 100.0 Å². The molecule has 2 rings (SSSR count). The summed E-state index contributed by atoms with van der Waals surface area (Å²) in [7, 11) is 0. The fourth-order valence-corrected chi connectivity index (χ4v) is 1.98. The molecule has 88 valence electrons. The van der Waals surface area contributed by atoms with Gasteiger partial charge in [0, 0.05) is 24.3 Å². The van der Waals surface area contributed by atoms with Crippen molar-refractivity contribution in [2.24, 2.45) is 0 Å². The van der Waals surface area contributed by atoms with Gasteiger partial charge >= 0.3 is 5.97 Å². The number of benzene rings is 1. The molecule has 0 saturated carbocycles. The Morgan fingerprint density at radius 2 is 2.18 bits per heavy atom. The van der Waals surface area contributed by atoms with Crippen LogP contribution >= 0.6 is 0 Å². The molecule has 0 unspecified atom stereocenters. The van der Waals surface area contributed by atoms with Crippen LogP contribution in [0, 0.1) is 6.92 Å². The summed E-state index contributed by atoms with van der Waals surface area (Å²) in [6.45, 7) is 4.50. The molecule has 0 radical (unpaired) electrons. The van der Waals surface area contributed by atoms with Crippen molar-refractivity contribution in [1.82, 2.24) is 4.57 Å². The largest absolute Gasteiger partial charge is 0.478 e. The summed E-state index contributed by atoms with van der Waals surface area (Å²) in [5.41, 5.74) is 3.19. The lowest BCUT2D eigenvalue weighted by Gasteiger charge is -2.05. The van der Waals surface area contributed by atoms with Crippen molar-refractivity contribution in [3.8, 4) is 0 Å². The lowest BCUT2D eigenvalue weighted by Crippen LogP contribution is -1.99. The summed E-state index contributed by atoms with van der Waals surface area (Å²) in [6, 6.07) is 8.31. The Morgan fingerprint density at radius 1 is 1.41 bits per heavy atom. The van der Waals surface area contributed by atoms with Gasteiger partial charge in [-0.25, -0.2) is 4.79 Å². The number of aliphatic carboxylic acids is 1. The Balaban J connectivity index is 2.34. The molecule has 0 aliphatic heterocycles. The van der Waals surface area contributed by atoms with Crippen LogP contribution in [0.15, 0.2) is 42.1 Å². The predicted molar refractivity (Wildman–Crippen MR) is 68.1 cm³/mol. The van der Waals surface area contributed by atoms with E-state index in [9.17, 15) is 4.79 Å². The van der Waals surface area contributed by atoms with Crippen LogP contribution in [0.4, 0.5) is 0 Å². The maximum atomic E-state index is 10.6. The van der Waals surface area contributed by atoms with Gasteiger partial charge in [0.15, 0.2) is 0 Å². The second-order valence-electron chi connectivity index (χ2n) is 4.33. The number of carboxylic acid groups (broad SMARTS) is 1. The molecule has 0 aliphatic rings. The normalized spacial score (nSPS) is 12.0. The number of aromatic nitrogens is 1. The first-order chi connectivity index (χ1) is 8.06. The van der Waals surface area contributed by atoms with E-state index in [0.717, 1.165) is 11.1 Å². The Kier molecular flexibility index (Phi) is 3.00. The zero-order chi connectivity index (χ0) is 12.4. The van der Waals surface area contributed by atoms with Crippen LogP contribution in [0.5, 0.6) is 0 Å². The molecule has 3 nitrogen and oxygen atoms in total. The third-order valence-electron chi connectivity index (χ3n) is 2.72. The molecule has 2 aromatic rings. The van der Waals surface area contributed by atoms with Crippen LogP contribution in [-0.2, 0) is 11.3 Å². The highest BCUT2D eigenvalue weighted by Gasteiger charge is 2.02. The van der Waals surface area contributed by atoms with E-state index in [-0.39, 0.29) is 0 Å². The highest BCUT2D eigenvalue weighted by molar-refractivity contribution is 5.82. The highest BCUT2D eigenvalue weighted by Crippen LogP contribution is 2.18. The second kappa shape index (κ2) is 4.45. The molecule has 0 aliphatic carbocycles. The van der Waals surface area contributed by atoms with Crippen molar-refractivity contribution in [3.63, 3.8) is 0 Å². The first-order valence-electron chi connectivity index (χ1n) is 5.52. The smallest absolute Gasteiger partial charge is 0.328 e. The topological polar surface area (TPSA) is 42.2 Å². The van der Waals surface area contributed by atoms with Gasteiger partial charge in [-0.05, 0) is 43.0 Å². The molecule has 1 heterocycles. The lowest BCUT2D eigenvalue weighted by molar-refractivity contribution is -0.131. The maximum absolute atomic E-state index is 10.6. The highest BCUT2D eigenvalue weighted by atomic mass is 16.4. The minimum atomic E-state index is -0.894. The number of fused-ring (bicyclic) bond motifs is 1. The molecule has 1 aromatic carbocycles. The predicted octanol–water partition coefficient (Wildman–Crippen LogP) is 2.98. The van der Waals surface area contributed by atoms with Gasteiger partial charge in [0.2, 0.25) is 0 Å². The van der Waals surface area contributed by atoms with Crippen molar-refractivity contribution in [1.29, 1.82) is 0 Å². The Bertz CT molecular complexity index is 593. The van der Waals surface area contributed by atoms with E-state index in [0.29, 0.717) is 6.54 Å².